The number of halogens is 4. The molecule has 0 radical (unpaired) electrons. The van der Waals surface area contributed by atoms with Crippen LogP contribution >= 0.6 is 11.6 Å². The number of carbonyl (C=O) groups excluding carboxylic acids is 1. The maximum atomic E-state index is 13.1. The third-order valence-corrected chi connectivity index (χ3v) is 5.80. The Kier molecular flexibility index (Phi) is 5.96. The number of alkyl halides is 3. The quantitative estimate of drug-likeness (QED) is 0.268. The van der Waals surface area contributed by atoms with Crippen molar-refractivity contribution in [3.8, 4) is 11.5 Å². The number of fused-ring (bicyclic) bond motifs is 2. The highest BCUT2D eigenvalue weighted by atomic mass is 35.5. The number of aryl methyl sites for hydroxylation is 1. The highest BCUT2D eigenvalue weighted by Gasteiger charge is 2.33. The number of aromatic amines is 1. The lowest BCUT2D eigenvalue weighted by Crippen LogP contribution is -2.20. The molecule has 0 aliphatic carbocycles. The summed E-state index contributed by atoms with van der Waals surface area (Å²) in [5.74, 6) is 0.744. The van der Waals surface area contributed by atoms with Gasteiger partial charge in [-0.2, -0.15) is 13.2 Å². The van der Waals surface area contributed by atoms with Crippen molar-refractivity contribution in [2.45, 2.75) is 6.18 Å². The molecule has 5 aromatic rings. The van der Waals surface area contributed by atoms with Gasteiger partial charge in [-0.25, -0.2) is 14.6 Å². The SMILES string of the molecule is Cn1c(=O)[nH]c2c(Oc3ccc(NC(=O)Nc4ccc(Cl)c(C(F)(F)F)c4)c4ncccc34)ccnc21. The molecule has 0 spiro atoms. The molecular formula is C24H16ClF3N6O3. The Morgan fingerprint density at radius 1 is 1.05 bits per heavy atom. The van der Waals surface area contributed by atoms with Crippen LogP contribution in [0.4, 0.5) is 29.3 Å². The summed E-state index contributed by atoms with van der Waals surface area (Å²) in [5, 5.41) is 5.02. The second kappa shape index (κ2) is 9.13. The van der Waals surface area contributed by atoms with Crippen LogP contribution in [0.25, 0.3) is 22.1 Å². The van der Waals surface area contributed by atoms with Crippen molar-refractivity contribution in [3.63, 3.8) is 0 Å². The number of urea groups is 1. The average Bonchev–Trinajstić information content (AvgIpc) is 3.15. The Labute approximate surface area is 210 Å². The first-order chi connectivity index (χ1) is 17.6. The Hall–Kier alpha value is -4.58. The van der Waals surface area contributed by atoms with Crippen LogP contribution in [0.15, 0.2) is 65.7 Å². The standard InChI is InChI=1S/C24H16ClF3N6O3/c1-34-21-20(33-23(34)36)18(8-10-30-21)37-17-7-6-16(19-13(17)3-2-9-29-19)32-22(35)31-12-4-5-15(25)14(11-12)24(26,27)28/h2-11H,1H3,(H,33,36)(H2,31,32,35). The third kappa shape index (κ3) is 4.66. The zero-order valence-electron chi connectivity index (χ0n) is 18.9. The number of nitrogens with one attached hydrogen (secondary N) is 3. The zero-order chi connectivity index (χ0) is 26.3. The van der Waals surface area contributed by atoms with Gasteiger partial charge < -0.3 is 20.4 Å². The van der Waals surface area contributed by atoms with E-state index in [1.54, 1.807) is 37.4 Å². The average molecular weight is 529 g/mol. The van der Waals surface area contributed by atoms with Crippen molar-refractivity contribution in [1.82, 2.24) is 19.5 Å². The van der Waals surface area contributed by atoms with Crippen molar-refractivity contribution >= 4 is 51.1 Å². The molecule has 0 unspecified atom stereocenters. The lowest BCUT2D eigenvalue weighted by Gasteiger charge is -2.14. The van der Waals surface area contributed by atoms with Crippen LogP contribution in [0.1, 0.15) is 5.56 Å². The Morgan fingerprint density at radius 3 is 2.65 bits per heavy atom. The summed E-state index contributed by atoms with van der Waals surface area (Å²) in [7, 11) is 1.58. The van der Waals surface area contributed by atoms with Gasteiger partial charge in [-0.05, 0) is 42.5 Å². The molecular weight excluding hydrogens is 513 g/mol. The minimum absolute atomic E-state index is 0.0926. The second-order valence-corrected chi connectivity index (χ2v) is 8.29. The maximum Gasteiger partial charge on any atom is 0.417 e. The Morgan fingerprint density at radius 2 is 1.86 bits per heavy atom. The summed E-state index contributed by atoms with van der Waals surface area (Å²) < 4.78 is 46.8. The molecule has 13 heteroatoms. The highest BCUT2D eigenvalue weighted by Crippen LogP contribution is 2.37. The van der Waals surface area contributed by atoms with E-state index < -0.39 is 22.8 Å². The van der Waals surface area contributed by atoms with Gasteiger partial charge in [0.15, 0.2) is 11.4 Å². The number of nitrogens with zero attached hydrogens (tertiary/aromatic N) is 3. The molecule has 0 atom stereocenters. The number of hydrogen-bond acceptors (Lipinski definition) is 5. The van der Waals surface area contributed by atoms with Crippen LogP contribution < -0.4 is 21.1 Å². The molecule has 9 nitrogen and oxygen atoms in total. The predicted molar refractivity (Wildman–Crippen MR) is 132 cm³/mol. The van der Waals surface area contributed by atoms with Gasteiger partial charge in [0.2, 0.25) is 0 Å². The van der Waals surface area contributed by atoms with Crippen molar-refractivity contribution in [2.24, 2.45) is 7.05 Å². The molecule has 0 saturated carbocycles. The van der Waals surface area contributed by atoms with E-state index in [9.17, 15) is 22.8 Å². The second-order valence-electron chi connectivity index (χ2n) is 7.88. The maximum absolute atomic E-state index is 13.1. The van der Waals surface area contributed by atoms with Crippen LogP contribution in [-0.4, -0.2) is 25.6 Å². The minimum Gasteiger partial charge on any atom is -0.454 e. The normalized spacial score (nSPS) is 11.6. The highest BCUT2D eigenvalue weighted by molar-refractivity contribution is 6.31. The summed E-state index contributed by atoms with van der Waals surface area (Å²) in [5.41, 5.74) is -0.0210. The number of ether oxygens (including phenoxy) is 1. The molecule has 0 aliphatic rings. The molecule has 188 valence electrons. The Balaban J connectivity index is 1.43. The van der Waals surface area contributed by atoms with E-state index in [1.807, 2.05) is 0 Å². The third-order valence-electron chi connectivity index (χ3n) is 5.47. The van der Waals surface area contributed by atoms with Crippen LogP contribution in [0.3, 0.4) is 0 Å². The summed E-state index contributed by atoms with van der Waals surface area (Å²) in [4.78, 5) is 35.8. The summed E-state index contributed by atoms with van der Waals surface area (Å²) in [6.45, 7) is 0. The first-order valence-corrected chi connectivity index (χ1v) is 11.0. The number of anilines is 2. The molecule has 5 rings (SSSR count). The van der Waals surface area contributed by atoms with Crippen LogP contribution in [0.2, 0.25) is 5.02 Å². The molecule has 37 heavy (non-hydrogen) atoms. The molecule has 0 saturated heterocycles. The molecule has 3 aromatic heterocycles. The molecule has 3 N–H and O–H groups in total. The molecule has 0 aliphatic heterocycles. The van der Waals surface area contributed by atoms with E-state index in [2.05, 4.69) is 25.6 Å². The van der Waals surface area contributed by atoms with Gasteiger partial charge in [0.05, 0.1) is 21.8 Å². The number of amides is 2. The van der Waals surface area contributed by atoms with E-state index in [-0.39, 0.29) is 11.4 Å². The zero-order valence-corrected chi connectivity index (χ0v) is 19.6. The van der Waals surface area contributed by atoms with Crippen LogP contribution in [0.5, 0.6) is 11.5 Å². The molecule has 3 heterocycles. The predicted octanol–water partition coefficient (Wildman–Crippen LogP) is 5.92. The molecule has 2 aromatic carbocycles. The minimum atomic E-state index is -4.67. The fourth-order valence-corrected chi connectivity index (χ4v) is 3.96. The van der Waals surface area contributed by atoms with E-state index in [0.717, 1.165) is 12.1 Å². The van der Waals surface area contributed by atoms with Crippen molar-refractivity contribution in [1.29, 1.82) is 0 Å². The molecule has 0 fully saturated rings. The first kappa shape index (κ1) is 24.1. The number of aromatic nitrogens is 4. The van der Waals surface area contributed by atoms with E-state index in [0.29, 0.717) is 39.3 Å². The van der Waals surface area contributed by atoms with Gasteiger partial charge >= 0.3 is 17.9 Å². The summed E-state index contributed by atoms with van der Waals surface area (Å²) >= 11 is 5.64. The summed E-state index contributed by atoms with van der Waals surface area (Å²) in [6, 6.07) is 10.4. The summed E-state index contributed by atoms with van der Waals surface area (Å²) in [6.07, 6.45) is -1.65. The number of H-pyrrole nitrogens is 1. The lowest BCUT2D eigenvalue weighted by molar-refractivity contribution is -0.137. The van der Waals surface area contributed by atoms with Crippen LogP contribution in [0, 0.1) is 0 Å². The smallest absolute Gasteiger partial charge is 0.417 e. The van der Waals surface area contributed by atoms with Gasteiger partial charge in [-0.3, -0.25) is 9.55 Å². The van der Waals surface area contributed by atoms with E-state index in [1.165, 1.54) is 23.0 Å². The molecule has 2 amide bonds. The monoisotopic (exact) mass is 528 g/mol. The van der Waals surface area contributed by atoms with Gasteiger partial charge in [0.1, 0.15) is 11.3 Å². The van der Waals surface area contributed by atoms with E-state index in [4.69, 9.17) is 16.3 Å². The van der Waals surface area contributed by atoms with Crippen LogP contribution in [-0.2, 0) is 13.2 Å². The number of imidazole rings is 1. The topological polar surface area (TPSA) is 114 Å². The van der Waals surface area contributed by atoms with Gasteiger partial charge in [0, 0.05) is 36.6 Å². The van der Waals surface area contributed by atoms with Gasteiger partial charge in [-0.1, -0.05) is 11.6 Å². The molecule has 0 bridgehead atoms. The lowest BCUT2D eigenvalue weighted by atomic mass is 10.1. The Bertz CT molecular complexity index is 1730. The first-order valence-electron chi connectivity index (χ1n) is 10.7. The number of carbonyl (C=O) groups is 1. The van der Waals surface area contributed by atoms with Crippen molar-refractivity contribution in [2.75, 3.05) is 10.6 Å². The van der Waals surface area contributed by atoms with Crippen molar-refractivity contribution in [3.05, 3.63) is 82.0 Å². The van der Waals surface area contributed by atoms with Gasteiger partial charge in [0.25, 0.3) is 0 Å². The largest absolute Gasteiger partial charge is 0.454 e. The van der Waals surface area contributed by atoms with Crippen molar-refractivity contribution < 1.29 is 22.7 Å². The number of pyridine rings is 2. The van der Waals surface area contributed by atoms with Gasteiger partial charge in [-0.15, -0.1) is 0 Å². The fourth-order valence-electron chi connectivity index (χ4n) is 3.74. The number of hydrogen-bond donors (Lipinski definition) is 3. The fraction of sp³-hybridized carbons (Fsp3) is 0.0833. The number of benzene rings is 2. The number of rotatable bonds is 4. The van der Waals surface area contributed by atoms with E-state index >= 15 is 0 Å².